The highest BCUT2D eigenvalue weighted by molar-refractivity contribution is 5.80. The van der Waals surface area contributed by atoms with Gasteiger partial charge in [0.05, 0.1) is 18.2 Å². The van der Waals surface area contributed by atoms with Crippen LogP contribution in [-0.4, -0.2) is 31.3 Å². The Balaban J connectivity index is 1.33. The van der Waals surface area contributed by atoms with E-state index in [0.29, 0.717) is 31.4 Å². The second-order valence-electron chi connectivity index (χ2n) is 7.16. The predicted molar refractivity (Wildman–Crippen MR) is 107 cm³/mol. The number of para-hydroxylation sites is 1. The zero-order chi connectivity index (χ0) is 18.5. The maximum absolute atomic E-state index is 5.92. The molecular formula is C22H27N3O2. The van der Waals surface area contributed by atoms with Gasteiger partial charge >= 0.3 is 0 Å². The fraction of sp³-hybridized carbons (Fsp3) is 0.409. The zero-order valence-electron chi connectivity index (χ0n) is 15.7. The number of hydrogen-bond donors (Lipinski definition) is 2. The van der Waals surface area contributed by atoms with E-state index in [4.69, 9.17) is 9.47 Å². The van der Waals surface area contributed by atoms with Crippen LogP contribution in [-0.2, 0) is 17.9 Å². The molecule has 3 unspecified atom stereocenters. The van der Waals surface area contributed by atoms with Crippen molar-refractivity contribution >= 4 is 5.96 Å². The van der Waals surface area contributed by atoms with Gasteiger partial charge < -0.3 is 20.1 Å². The van der Waals surface area contributed by atoms with Crippen molar-refractivity contribution in [3.8, 4) is 5.75 Å². The molecule has 4 rings (SSSR count). The molecule has 2 saturated heterocycles. The Morgan fingerprint density at radius 3 is 2.56 bits per heavy atom. The quantitative estimate of drug-likeness (QED) is 0.609. The minimum atomic E-state index is 0.333. The van der Waals surface area contributed by atoms with E-state index in [1.54, 1.807) is 0 Å². The number of aliphatic imine (C=N–C) groups is 1. The van der Waals surface area contributed by atoms with Crippen LogP contribution in [0.3, 0.4) is 0 Å². The molecule has 2 aliphatic rings. The minimum Gasteiger partial charge on any atom is -0.489 e. The number of nitrogens with zero attached hydrogens (tertiary/aromatic N) is 1. The molecule has 2 aromatic rings. The van der Waals surface area contributed by atoms with Crippen LogP contribution in [0.1, 0.15) is 30.4 Å². The first-order chi connectivity index (χ1) is 13.3. The molecule has 2 heterocycles. The van der Waals surface area contributed by atoms with E-state index in [0.717, 1.165) is 24.6 Å². The molecule has 0 radical (unpaired) electrons. The molecule has 2 bridgehead atoms. The lowest BCUT2D eigenvalue weighted by Crippen LogP contribution is -2.47. The average molecular weight is 365 g/mol. The molecule has 142 valence electrons. The van der Waals surface area contributed by atoms with E-state index in [2.05, 4.69) is 33.8 Å². The van der Waals surface area contributed by atoms with Gasteiger partial charge in [-0.15, -0.1) is 0 Å². The summed E-state index contributed by atoms with van der Waals surface area (Å²) >= 11 is 0. The van der Waals surface area contributed by atoms with Crippen LogP contribution in [0.5, 0.6) is 5.75 Å². The Hall–Kier alpha value is -2.53. The summed E-state index contributed by atoms with van der Waals surface area (Å²) in [5, 5.41) is 6.97. The largest absolute Gasteiger partial charge is 0.489 e. The van der Waals surface area contributed by atoms with Crippen molar-refractivity contribution in [1.29, 1.82) is 0 Å². The molecule has 2 aliphatic heterocycles. The van der Waals surface area contributed by atoms with Gasteiger partial charge in [-0.3, -0.25) is 4.99 Å². The molecule has 5 nitrogen and oxygen atoms in total. The van der Waals surface area contributed by atoms with Gasteiger partial charge in [-0.1, -0.05) is 42.5 Å². The molecule has 5 heteroatoms. The lowest BCUT2D eigenvalue weighted by Gasteiger charge is -2.23. The third-order valence-corrected chi connectivity index (χ3v) is 5.35. The topological polar surface area (TPSA) is 54.9 Å². The Labute approximate surface area is 160 Å². The third-order valence-electron chi connectivity index (χ3n) is 5.35. The lowest BCUT2D eigenvalue weighted by molar-refractivity contribution is 0.0992. The van der Waals surface area contributed by atoms with Crippen molar-refractivity contribution in [2.24, 2.45) is 4.99 Å². The van der Waals surface area contributed by atoms with Gasteiger partial charge in [0.1, 0.15) is 12.4 Å². The number of rotatable bonds is 6. The summed E-state index contributed by atoms with van der Waals surface area (Å²) in [6.07, 6.45) is 4.19. The van der Waals surface area contributed by atoms with Gasteiger partial charge in [0.2, 0.25) is 0 Å². The first-order valence-electron chi connectivity index (χ1n) is 9.69. The van der Waals surface area contributed by atoms with Crippen LogP contribution in [0, 0.1) is 0 Å². The summed E-state index contributed by atoms with van der Waals surface area (Å²) < 4.78 is 11.8. The number of ether oxygens (including phenoxy) is 2. The molecule has 0 amide bonds. The Morgan fingerprint density at radius 1 is 1.07 bits per heavy atom. The number of nitrogens with one attached hydrogen (secondary N) is 2. The molecular weight excluding hydrogens is 338 g/mol. The van der Waals surface area contributed by atoms with Crippen molar-refractivity contribution < 1.29 is 9.47 Å². The number of guanidine groups is 1. The highest BCUT2D eigenvalue weighted by atomic mass is 16.5. The van der Waals surface area contributed by atoms with Gasteiger partial charge in [-0.2, -0.15) is 0 Å². The maximum Gasteiger partial charge on any atom is 0.191 e. The van der Waals surface area contributed by atoms with E-state index < -0.39 is 0 Å². The Morgan fingerprint density at radius 2 is 1.85 bits per heavy atom. The van der Waals surface area contributed by atoms with Gasteiger partial charge in [-0.05, 0) is 42.5 Å². The normalized spacial score (nSPS) is 24.0. The molecule has 0 aliphatic carbocycles. The highest BCUT2D eigenvalue weighted by Gasteiger charge is 2.41. The first-order valence-corrected chi connectivity index (χ1v) is 9.69. The lowest BCUT2D eigenvalue weighted by atomic mass is 9.96. The van der Waals surface area contributed by atoms with Gasteiger partial charge in [0.15, 0.2) is 5.96 Å². The van der Waals surface area contributed by atoms with Crippen LogP contribution >= 0.6 is 0 Å². The van der Waals surface area contributed by atoms with Crippen LogP contribution in [0.4, 0.5) is 0 Å². The number of benzene rings is 2. The molecule has 2 aromatic carbocycles. The number of hydrogen-bond acceptors (Lipinski definition) is 3. The average Bonchev–Trinajstić information content (AvgIpc) is 3.34. The number of fused-ring (bicyclic) bond motifs is 2. The SMILES string of the molecule is CN=C(NCc1ccccc1COc1ccccc1)NC1CC2CCC1O2. The second kappa shape index (κ2) is 8.44. The summed E-state index contributed by atoms with van der Waals surface area (Å²) in [6.45, 7) is 1.25. The first kappa shape index (κ1) is 17.9. The Bertz CT molecular complexity index is 778. The molecule has 3 atom stereocenters. The molecule has 0 spiro atoms. The van der Waals surface area contributed by atoms with Gasteiger partial charge in [0, 0.05) is 13.6 Å². The van der Waals surface area contributed by atoms with E-state index in [1.165, 1.54) is 17.5 Å². The summed E-state index contributed by atoms with van der Waals surface area (Å²) in [5.41, 5.74) is 2.38. The van der Waals surface area contributed by atoms with Crippen LogP contribution < -0.4 is 15.4 Å². The smallest absolute Gasteiger partial charge is 0.191 e. The summed E-state index contributed by atoms with van der Waals surface area (Å²) in [6, 6.07) is 18.6. The Kier molecular flexibility index (Phi) is 5.58. The standard InChI is InChI=1S/C22H27N3O2/c1-23-22(25-20-13-19-11-12-21(20)27-19)24-14-16-7-5-6-8-17(16)15-26-18-9-3-2-4-10-18/h2-10,19-21H,11-15H2,1H3,(H2,23,24,25). The predicted octanol–water partition coefficient (Wildman–Crippen LogP) is 3.25. The molecule has 27 heavy (non-hydrogen) atoms. The minimum absolute atomic E-state index is 0.333. The van der Waals surface area contributed by atoms with Crippen LogP contribution in [0.15, 0.2) is 59.6 Å². The fourth-order valence-electron chi connectivity index (χ4n) is 3.89. The summed E-state index contributed by atoms with van der Waals surface area (Å²) in [5.74, 6) is 1.71. The van der Waals surface area contributed by atoms with E-state index in [9.17, 15) is 0 Å². The van der Waals surface area contributed by atoms with Gasteiger partial charge in [-0.25, -0.2) is 0 Å². The van der Waals surface area contributed by atoms with Crippen molar-refractivity contribution in [3.05, 3.63) is 65.7 Å². The van der Waals surface area contributed by atoms with E-state index in [1.807, 2.05) is 43.4 Å². The molecule has 2 fully saturated rings. The van der Waals surface area contributed by atoms with Gasteiger partial charge in [0.25, 0.3) is 0 Å². The second-order valence-corrected chi connectivity index (χ2v) is 7.16. The zero-order valence-corrected chi connectivity index (χ0v) is 15.7. The molecule has 2 N–H and O–H groups in total. The van der Waals surface area contributed by atoms with E-state index in [-0.39, 0.29) is 0 Å². The third kappa shape index (κ3) is 4.42. The summed E-state index contributed by atoms with van der Waals surface area (Å²) in [4.78, 5) is 4.38. The van der Waals surface area contributed by atoms with E-state index >= 15 is 0 Å². The van der Waals surface area contributed by atoms with Crippen molar-refractivity contribution in [3.63, 3.8) is 0 Å². The van der Waals surface area contributed by atoms with Crippen LogP contribution in [0.2, 0.25) is 0 Å². The summed E-state index contributed by atoms with van der Waals surface area (Å²) in [7, 11) is 1.81. The molecule has 0 saturated carbocycles. The highest BCUT2D eigenvalue weighted by Crippen LogP contribution is 2.34. The monoisotopic (exact) mass is 365 g/mol. The maximum atomic E-state index is 5.92. The fourth-order valence-corrected chi connectivity index (χ4v) is 3.89. The van der Waals surface area contributed by atoms with Crippen molar-refractivity contribution in [1.82, 2.24) is 10.6 Å². The van der Waals surface area contributed by atoms with Crippen molar-refractivity contribution in [2.45, 2.75) is 50.7 Å². The van der Waals surface area contributed by atoms with Crippen molar-refractivity contribution in [2.75, 3.05) is 7.05 Å². The van der Waals surface area contributed by atoms with Crippen LogP contribution in [0.25, 0.3) is 0 Å². The molecule has 0 aromatic heterocycles.